The lowest BCUT2D eigenvalue weighted by molar-refractivity contribution is -0.144. The van der Waals surface area contributed by atoms with Gasteiger partial charge in [-0.2, -0.15) is 0 Å². The van der Waals surface area contributed by atoms with E-state index in [4.69, 9.17) is 14.2 Å². The van der Waals surface area contributed by atoms with Gasteiger partial charge < -0.3 is 40.4 Å². The van der Waals surface area contributed by atoms with Crippen molar-refractivity contribution in [2.24, 2.45) is 5.92 Å². The summed E-state index contributed by atoms with van der Waals surface area (Å²) in [5.41, 5.74) is 3.29. The van der Waals surface area contributed by atoms with Crippen molar-refractivity contribution in [2.45, 2.75) is 64.2 Å². The van der Waals surface area contributed by atoms with E-state index in [2.05, 4.69) is 16.0 Å². The molecule has 0 saturated carbocycles. The summed E-state index contributed by atoms with van der Waals surface area (Å²) >= 11 is 0. The molecular weight excluding hydrogens is 634 g/mol. The van der Waals surface area contributed by atoms with Crippen LogP contribution in [0.4, 0.5) is 0 Å². The lowest BCUT2D eigenvalue weighted by atomic mass is 9.87. The van der Waals surface area contributed by atoms with E-state index in [9.17, 15) is 19.8 Å². The van der Waals surface area contributed by atoms with Gasteiger partial charge in [-0.25, -0.2) is 0 Å². The van der Waals surface area contributed by atoms with Crippen LogP contribution < -0.4 is 25.4 Å². The molecule has 0 saturated heterocycles. The largest absolute Gasteiger partial charge is 0.507 e. The minimum atomic E-state index is -1.25. The van der Waals surface area contributed by atoms with Crippen LogP contribution in [0, 0.1) is 5.92 Å². The quantitative estimate of drug-likeness (QED) is 0.0844. The van der Waals surface area contributed by atoms with Crippen molar-refractivity contribution in [3.05, 3.63) is 125 Å². The molecule has 50 heavy (non-hydrogen) atoms. The predicted octanol–water partition coefficient (Wildman–Crippen LogP) is 4.56. The highest BCUT2D eigenvalue weighted by Gasteiger charge is 2.37. The van der Waals surface area contributed by atoms with Gasteiger partial charge in [0.25, 0.3) is 0 Å². The van der Waals surface area contributed by atoms with Gasteiger partial charge in [0.05, 0.1) is 39.0 Å². The number of hydrogen-bond acceptors (Lipinski definition) is 10. The van der Waals surface area contributed by atoms with E-state index in [0.29, 0.717) is 30.0 Å². The zero-order valence-corrected chi connectivity index (χ0v) is 29.2. The summed E-state index contributed by atoms with van der Waals surface area (Å²) in [5, 5.41) is 32.5. The van der Waals surface area contributed by atoms with Gasteiger partial charge in [0.1, 0.15) is 23.9 Å². The Balaban J connectivity index is 1.57. The van der Waals surface area contributed by atoms with Crippen LogP contribution in [-0.2, 0) is 40.4 Å². The Morgan fingerprint density at radius 3 is 1.90 bits per heavy atom. The molecule has 0 unspecified atom stereocenters. The second-order valence-electron chi connectivity index (χ2n) is 12.5. The number of aliphatic hydroxyl groups excluding tert-OH is 1. The molecule has 4 aromatic rings. The van der Waals surface area contributed by atoms with Gasteiger partial charge in [-0.1, -0.05) is 92.7 Å². The molecule has 5 N–H and O–H groups in total. The molecule has 4 aromatic carbocycles. The topological polar surface area (TPSA) is 138 Å². The number of phenolic OH excluding ortho intramolecular Hbond substituents is 1. The number of aliphatic hydroxyl groups is 1. The number of benzene rings is 4. The molecule has 0 spiro atoms. The van der Waals surface area contributed by atoms with E-state index in [-0.39, 0.29) is 37.1 Å². The van der Waals surface area contributed by atoms with Crippen molar-refractivity contribution in [1.82, 2.24) is 16.0 Å². The van der Waals surface area contributed by atoms with Crippen LogP contribution in [0.3, 0.4) is 0 Å². The molecule has 266 valence electrons. The monoisotopic (exact) mass is 683 g/mol. The smallest absolute Gasteiger partial charge is 0.320 e. The van der Waals surface area contributed by atoms with E-state index in [1.165, 1.54) is 13.2 Å². The molecule has 0 bridgehead atoms. The summed E-state index contributed by atoms with van der Waals surface area (Å²) in [4.78, 5) is 27.4. The van der Waals surface area contributed by atoms with Crippen LogP contribution in [0.2, 0.25) is 0 Å². The lowest BCUT2D eigenvalue weighted by Crippen LogP contribution is -2.60. The van der Waals surface area contributed by atoms with Crippen LogP contribution in [-0.4, -0.2) is 67.0 Å². The normalized spacial score (nSPS) is 13.6. The maximum Gasteiger partial charge on any atom is 0.320 e. The summed E-state index contributed by atoms with van der Waals surface area (Å²) in [5.74, 6) is 0.393. The molecule has 0 aromatic heterocycles. The summed E-state index contributed by atoms with van der Waals surface area (Å²) in [6, 6.07) is 29.1. The fraction of sp³-hybridized carbons (Fsp3) is 0.350. The number of methoxy groups -OCH3 is 2. The van der Waals surface area contributed by atoms with Crippen LogP contribution in [0.1, 0.15) is 36.1 Å². The van der Waals surface area contributed by atoms with Crippen LogP contribution in [0.25, 0.3) is 0 Å². The third-order valence-electron chi connectivity index (χ3n) is 8.57. The minimum Gasteiger partial charge on any atom is -0.507 e. The fourth-order valence-corrected chi connectivity index (χ4v) is 5.68. The van der Waals surface area contributed by atoms with Crippen molar-refractivity contribution in [2.75, 3.05) is 20.8 Å². The SMILES string of the molecule is COc1ccc(CN[C@@H](C(=O)[C@H](NCc2ccc(OC)cc2O)C(C)C)[C@H](O)[C@H](Cc2ccccc2)NCC(=O)OCc2ccccc2)cc1. The standard InChI is InChI=1S/C40H49N3O7/c1-27(2)37(43-24-31-17-20-33(49-4)22-35(31)44)40(47)38(42-23-29-15-18-32(48-3)19-16-29)39(46)34(21-28-11-7-5-8-12-28)41-25-36(45)50-26-30-13-9-6-10-14-30/h5-20,22,27,34,37-39,41-44,46H,21,23-26H2,1-4H3/t34-,37+,38+,39+/m0/s1. The first-order valence-corrected chi connectivity index (χ1v) is 16.8. The molecule has 10 heteroatoms. The highest BCUT2D eigenvalue weighted by Crippen LogP contribution is 2.24. The molecule has 0 aliphatic rings. The van der Waals surface area contributed by atoms with E-state index >= 15 is 0 Å². The summed E-state index contributed by atoms with van der Waals surface area (Å²) in [6.45, 7) is 4.33. The van der Waals surface area contributed by atoms with Gasteiger partial charge in [0, 0.05) is 30.8 Å². The van der Waals surface area contributed by atoms with Crippen LogP contribution in [0.15, 0.2) is 103 Å². The number of Topliss-reactive ketones (excluding diaryl/α,β-unsaturated/α-hetero) is 1. The molecule has 10 nitrogen and oxygen atoms in total. The van der Waals surface area contributed by atoms with Gasteiger partial charge in [-0.3, -0.25) is 9.59 Å². The lowest BCUT2D eigenvalue weighted by Gasteiger charge is -2.34. The predicted molar refractivity (Wildman–Crippen MR) is 193 cm³/mol. The number of nitrogens with one attached hydrogen (secondary N) is 3. The molecule has 4 atom stereocenters. The first-order chi connectivity index (χ1) is 24.2. The first kappa shape index (κ1) is 38.1. The van der Waals surface area contributed by atoms with E-state index in [1.54, 1.807) is 19.2 Å². The van der Waals surface area contributed by atoms with E-state index < -0.39 is 30.2 Å². The highest BCUT2D eigenvalue weighted by molar-refractivity contribution is 5.90. The zero-order chi connectivity index (χ0) is 35.9. The fourth-order valence-electron chi connectivity index (χ4n) is 5.68. The second kappa shape index (κ2) is 19.4. The molecule has 4 rings (SSSR count). The molecule has 0 aliphatic heterocycles. The van der Waals surface area contributed by atoms with Crippen molar-refractivity contribution in [3.8, 4) is 17.2 Å². The van der Waals surface area contributed by atoms with Gasteiger partial charge >= 0.3 is 5.97 Å². The average Bonchev–Trinajstić information content (AvgIpc) is 3.14. The summed E-state index contributed by atoms with van der Waals surface area (Å²) in [6.07, 6.45) is -0.901. The molecule has 0 aliphatic carbocycles. The number of ketones is 1. The molecule has 0 fully saturated rings. The third-order valence-corrected chi connectivity index (χ3v) is 8.57. The highest BCUT2D eigenvalue weighted by atomic mass is 16.5. The number of esters is 1. The zero-order valence-electron chi connectivity index (χ0n) is 29.2. The van der Waals surface area contributed by atoms with Crippen molar-refractivity contribution < 1.29 is 34.0 Å². The molecular formula is C40H49N3O7. The van der Waals surface area contributed by atoms with Crippen molar-refractivity contribution >= 4 is 11.8 Å². The Morgan fingerprint density at radius 2 is 1.30 bits per heavy atom. The number of carbonyl (C=O) groups excluding carboxylic acids is 2. The minimum absolute atomic E-state index is 0.0484. The van der Waals surface area contributed by atoms with Crippen LogP contribution >= 0.6 is 0 Å². The van der Waals surface area contributed by atoms with Crippen molar-refractivity contribution in [3.63, 3.8) is 0 Å². The maximum atomic E-state index is 14.5. The number of phenols is 1. The molecule has 0 radical (unpaired) electrons. The average molecular weight is 684 g/mol. The summed E-state index contributed by atoms with van der Waals surface area (Å²) < 4.78 is 16.0. The van der Waals surface area contributed by atoms with Gasteiger partial charge in [0.15, 0.2) is 5.78 Å². The number of rotatable bonds is 20. The van der Waals surface area contributed by atoms with Gasteiger partial charge in [-0.15, -0.1) is 0 Å². The number of carbonyl (C=O) groups is 2. The number of ether oxygens (including phenoxy) is 3. The van der Waals surface area contributed by atoms with Crippen molar-refractivity contribution in [1.29, 1.82) is 0 Å². The molecule has 0 heterocycles. The molecule has 0 amide bonds. The van der Waals surface area contributed by atoms with Gasteiger partial charge in [-0.05, 0) is 47.2 Å². The Labute approximate surface area is 294 Å². The number of aromatic hydroxyl groups is 1. The Kier molecular flexibility index (Phi) is 14.8. The number of hydrogen-bond donors (Lipinski definition) is 5. The second-order valence-corrected chi connectivity index (χ2v) is 12.5. The van der Waals surface area contributed by atoms with Crippen LogP contribution in [0.5, 0.6) is 17.2 Å². The first-order valence-electron chi connectivity index (χ1n) is 16.8. The summed E-state index contributed by atoms with van der Waals surface area (Å²) in [7, 11) is 3.12. The Bertz CT molecular complexity index is 1620. The third kappa shape index (κ3) is 11.4. The Morgan fingerprint density at radius 1 is 0.700 bits per heavy atom. The van der Waals surface area contributed by atoms with E-state index in [1.807, 2.05) is 98.8 Å². The maximum absolute atomic E-state index is 14.5. The van der Waals surface area contributed by atoms with Gasteiger partial charge in [0.2, 0.25) is 0 Å². The van der Waals surface area contributed by atoms with E-state index in [0.717, 1.165) is 16.7 Å². The Hall–Kier alpha value is -4.74.